The van der Waals surface area contributed by atoms with Crippen LogP contribution in [0.4, 0.5) is 0 Å². The Morgan fingerprint density at radius 1 is 1.10 bits per heavy atom. The molecule has 0 atom stereocenters. The van der Waals surface area contributed by atoms with Crippen molar-refractivity contribution in [3.63, 3.8) is 0 Å². The van der Waals surface area contributed by atoms with Crippen molar-refractivity contribution in [1.29, 1.82) is 0 Å². The van der Waals surface area contributed by atoms with Gasteiger partial charge in [0.1, 0.15) is 18.1 Å². The summed E-state index contributed by atoms with van der Waals surface area (Å²) < 4.78 is 11.0. The molecule has 0 saturated heterocycles. The summed E-state index contributed by atoms with van der Waals surface area (Å²) in [5, 5.41) is 0.603. The second-order valence-electron chi connectivity index (χ2n) is 4.40. The van der Waals surface area contributed by atoms with Crippen molar-refractivity contribution >= 4 is 11.6 Å². The van der Waals surface area contributed by atoms with Crippen molar-refractivity contribution in [2.45, 2.75) is 13.0 Å². The summed E-state index contributed by atoms with van der Waals surface area (Å²) in [6.07, 6.45) is 0.812. The smallest absolute Gasteiger partial charge is 0.138 e. The van der Waals surface area contributed by atoms with Crippen LogP contribution in [-0.4, -0.2) is 13.7 Å². The monoisotopic (exact) mass is 291 g/mol. The summed E-state index contributed by atoms with van der Waals surface area (Å²) >= 11 is 6.21. The molecule has 3 nitrogen and oxygen atoms in total. The molecular weight excluding hydrogens is 274 g/mol. The van der Waals surface area contributed by atoms with Gasteiger partial charge in [0.25, 0.3) is 0 Å². The van der Waals surface area contributed by atoms with E-state index in [-0.39, 0.29) is 0 Å². The molecule has 0 heterocycles. The van der Waals surface area contributed by atoms with Crippen LogP contribution >= 0.6 is 11.6 Å². The Kier molecular flexibility index (Phi) is 5.27. The highest BCUT2D eigenvalue weighted by molar-refractivity contribution is 6.32. The first-order chi connectivity index (χ1) is 9.74. The third-order valence-electron chi connectivity index (χ3n) is 3.01. The average Bonchev–Trinajstić information content (AvgIpc) is 2.47. The summed E-state index contributed by atoms with van der Waals surface area (Å²) in [7, 11) is 1.65. The van der Waals surface area contributed by atoms with Crippen LogP contribution in [0.1, 0.15) is 11.1 Å². The number of hydrogen-bond acceptors (Lipinski definition) is 3. The minimum atomic E-state index is 0.417. The molecule has 2 N–H and O–H groups in total. The van der Waals surface area contributed by atoms with Crippen molar-refractivity contribution in [1.82, 2.24) is 0 Å². The van der Waals surface area contributed by atoms with E-state index in [1.165, 1.54) is 0 Å². The van der Waals surface area contributed by atoms with Crippen LogP contribution in [0.3, 0.4) is 0 Å². The van der Waals surface area contributed by atoms with E-state index in [1.54, 1.807) is 7.11 Å². The molecule has 0 radical (unpaired) electrons. The fraction of sp³-hybridized carbons (Fsp3) is 0.250. The Balaban J connectivity index is 2.07. The van der Waals surface area contributed by atoms with Crippen LogP contribution in [0.2, 0.25) is 5.02 Å². The Morgan fingerprint density at radius 3 is 2.60 bits per heavy atom. The molecule has 0 amide bonds. The fourth-order valence-electron chi connectivity index (χ4n) is 1.96. The number of para-hydroxylation sites is 1. The molecule has 0 unspecified atom stereocenters. The van der Waals surface area contributed by atoms with Crippen LogP contribution in [0, 0.1) is 0 Å². The predicted molar refractivity (Wildman–Crippen MR) is 81.5 cm³/mol. The molecule has 20 heavy (non-hydrogen) atoms. The quantitative estimate of drug-likeness (QED) is 0.887. The molecule has 0 aliphatic carbocycles. The Labute approximate surface area is 124 Å². The van der Waals surface area contributed by atoms with E-state index < -0.39 is 0 Å². The Bertz CT molecular complexity index is 572. The van der Waals surface area contributed by atoms with Gasteiger partial charge in [-0.15, -0.1) is 0 Å². The highest BCUT2D eigenvalue weighted by Gasteiger charge is 2.06. The molecule has 2 aromatic carbocycles. The average molecular weight is 292 g/mol. The summed E-state index contributed by atoms with van der Waals surface area (Å²) in [6, 6.07) is 13.5. The van der Waals surface area contributed by atoms with Crippen molar-refractivity contribution in [2.75, 3.05) is 13.7 Å². The zero-order chi connectivity index (χ0) is 14.4. The molecule has 0 fully saturated rings. The van der Waals surface area contributed by atoms with E-state index in [2.05, 4.69) is 0 Å². The first-order valence-corrected chi connectivity index (χ1v) is 6.85. The van der Waals surface area contributed by atoms with Crippen LogP contribution in [0.5, 0.6) is 11.5 Å². The van der Waals surface area contributed by atoms with Gasteiger partial charge in [0.15, 0.2) is 0 Å². The van der Waals surface area contributed by atoms with E-state index in [4.69, 9.17) is 26.8 Å². The van der Waals surface area contributed by atoms with Gasteiger partial charge in [-0.1, -0.05) is 35.9 Å². The van der Waals surface area contributed by atoms with Gasteiger partial charge in [0, 0.05) is 5.56 Å². The minimum absolute atomic E-state index is 0.417. The first-order valence-electron chi connectivity index (χ1n) is 6.47. The predicted octanol–water partition coefficient (Wildman–Crippen LogP) is 3.43. The molecule has 2 rings (SSSR count). The highest BCUT2D eigenvalue weighted by Crippen LogP contribution is 2.27. The Morgan fingerprint density at radius 2 is 1.90 bits per heavy atom. The van der Waals surface area contributed by atoms with Gasteiger partial charge >= 0.3 is 0 Å². The molecule has 2 aromatic rings. The number of ether oxygens (including phenoxy) is 2. The van der Waals surface area contributed by atoms with Gasteiger partial charge in [-0.05, 0) is 36.7 Å². The Hall–Kier alpha value is -1.71. The van der Waals surface area contributed by atoms with Gasteiger partial charge in [0.2, 0.25) is 0 Å². The van der Waals surface area contributed by atoms with Crippen molar-refractivity contribution < 1.29 is 9.47 Å². The van der Waals surface area contributed by atoms with E-state index in [0.717, 1.165) is 23.3 Å². The molecule has 0 aromatic heterocycles. The second-order valence-corrected chi connectivity index (χ2v) is 4.81. The number of benzene rings is 2. The first kappa shape index (κ1) is 14.7. The number of hydrogen-bond donors (Lipinski definition) is 1. The van der Waals surface area contributed by atoms with Crippen molar-refractivity contribution in [3.8, 4) is 11.5 Å². The zero-order valence-corrected chi connectivity index (χ0v) is 12.2. The lowest BCUT2D eigenvalue weighted by atomic mass is 10.1. The fourth-order valence-corrected chi connectivity index (χ4v) is 2.22. The van der Waals surface area contributed by atoms with Crippen LogP contribution in [0.25, 0.3) is 0 Å². The maximum atomic E-state index is 6.21. The maximum Gasteiger partial charge on any atom is 0.138 e. The molecule has 0 aliphatic heterocycles. The van der Waals surface area contributed by atoms with Gasteiger partial charge in [-0.2, -0.15) is 0 Å². The van der Waals surface area contributed by atoms with Gasteiger partial charge in [0.05, 0.1) is 12.1 Å². The largest absolute Gasteiger partial charge is 0.496 e. The maximum absolute atomic E-state index is 6.21. The molecule has 0 aliphatic rings. The van der Waals surface area contributed by atoms with E-state index in [0.29, 0.717) is 23.9 Å². The van der Waals surface area contributed by atoms with Crippen LogP contribution in [-0.2, 0) is 13.0 Å². The summed E-state index contributed by atoms with van der Waals surface area (Å²) in [5.74, 6) is 1.47. The van der Waals surface area contributed by atoms with Gasteiger partial charge < -0.3 is 15.2 Å². The molecule has 106 valence electrons. The molecular formula is C16H18ClNO2. The molecule has 0 bridgehead atoms. The summed E-state index contributed by atoms with van der Waals surface area (Å²) in [4.78, 5) is 0. The van der Waals surface area contributed by atoms with Crippen molar-refractivity contribution in [2.24, 2.45) is 5.73 Å². The summed E-state index contributed by atoms with van der Waals surface area (Å²) in [5.41, 5.74) is 7.62. The highest BCUT2D eigenvalue weighted by atomic mass is 35.5. The third-order valence-corrected chi connectivity index (χ3v) is 3.30. The number of rotatable bonds is 6. The van der Waals surface area contributed by atoms with Crippen LogP contribution < -0.4 is 15.2 Å². The third kappa shape index (κ3) is 3.65. The standard InChI is InChI=1S/C16H18ClNO2/c1-19-15-5-3-2-4-13(15)11-20-16-7-6-12(8-9-18)10-14(16)17/h2-7,10H,8-9,11,18H2,1H3. The van der Waals surface area contributed by atoms with Crippen LogP contribution in [0.15, 0.2) is 42.5 Å². The minimum Gasteiger partial charge on any atom is -0.496 e. The molecule has 4 heteroatoms. The SMILES string of the molecule is COc1ccccc1COc1ccc(CCN)cc1Cl. The lowest BCUT2D eigenvalue weighted by molar-refractivity contribution is 0.297. The lowest BCUT2D eigenvalue weighted by Crippen LogP contribution is -2.03. The normalized spacial score (nSPS) is 10.3. The van der Waals surface area contributed by atoms with Crippen molar-refractivity contribution in [3.05, 3.63) is 58.6 Å². The lowest BCUT2D eigenvalue weighted by Gasteiger charge is -2.11. The number of nitrogens with two attached hydrogens (primary N) is 1. The van der Waals surface area contributed by atoms with Gasteiger partial charge in [-0.25, -0.2) is 0 Å². The van der Waals surface area contributed by atoms with E-state index in [9.17, 15) is 0 Å². The summed E-state index contributed by atoms with van der Waals surface area (Å²) in [6.45, 7) is 1.03. The molecule has 0 saturated carbocycles. The second kappa shape index (κ2) is 7.17. The number of methoxy groups -OCH3 is 1. The van der Waals surface area contributed by atoms with E-state index in [1.807, 2.05) is 42.5 Å². The number of halogens is 1. The van der Waals surface area contributed by atoms with E-state index >= 15 is 0 Å². The van der Waals surface area contributed by atoms with Gasteiger partial charge in [-0.3, -0.25) is 0 Å². The topological polar surface area (TPSA) is 44.5 Å². The zero-order valence-electron chi connectivity index (χ0n) is 11.4. The molecule has 0 spiro atoms.